The summed E-state index contributed by atoms with van der Waals surface area (Å²) in [6.07, 6.45) is -0.169. The van der Waals surface area contributed by atoms with Crippen LogP contribution in [0.5, 0.6) is 0 Å². The first kappa shape index (κ1) is 18.1. The van der Waals surface area contributed by atoms with Gasteiger partial charge < -0.3 is 9.84 Å². The van der Waals surface area contributed by atoms with Crippen molar-refractivity contribution in [3.63, 3.8) is 0 Å². The number of hydrogen-bond acceptors (Lipinski definition) is 3. The van der Waals surface area contributed by atoms with Crippen molar-refractivity contribution in [2.45, 2.75) is 59.3 Å². The second-order valence-corrected chi connectivity index (χ2v) is 5.80. The zero-order valence-corrected chi connectivity index (χ0v) is 12.7. The molecular formula is C13H24B2O4. The number of ether oxygens (including phenoxy) is 1. The molecule has 0 rings (SSSR count). The second-order valence-electron chi connectivity index (χ2n) is 5.80. The van der Waals surface area contributed by atoms with Gasteiger partial charge >= 0.3 is 0 Å². The fourth-order valence-electron chi connectivity index (χ4n) is 2.09. The van der Waals surface area contributed by atoms with E-state index in [2.05, 4.69) is 0 Å². The van der Waals surface area contributed by atoms with Crippen molar-refractivity contribution >= 4 is 26.3 Å². The molecule has 0 heterocycles. The molecule has 0 spiro atoms. The Hall–Kier alpha value is -0.930. The Balaban J connectivity index is 4.84. The molecule has 4 nitrogen and oxygen atoms in total. The predicted octanol–water partition coefficient (Wildman–Crippen LogP) is 3.51. The van der Waals surface area contributed by atoms with Crippen LogP contribution in [0.2, 0.25) is 11.6 Å². The van der Waals surface area contributed by atoms with Crippen molar-refractivity contribution in [2.24, 2.45) is 11.8 Å². The predicted molar refractivity (Wildman–Crippen MR) is 78.3 cm³/mol. The van der Waals surface area contributed by atoms with Gasteiger partial charge in [0.25, 0.3) is 14.6 Å². The third-order valence-corrected chi connectivity index (χ3v) is 3.00. The molecule has 1 N–H and O–H groups in total. The Morgan fingerprint density at radius 3 is 1.63 bits per heavy atom. The van der Waals surface area contributed by atoms with Crippen LogP contribution in [0.3, 0.4) is 0 Å². The third-order valence-electron chi connectivity index (χ3n) is 3.00. The van der Waals surface area contributed by atoms with Crippen LogP contribution in [0.1, 0.15) is 41.5 Å². The molecule has 0 amide bonds. The zero-order valence-electron chi connectivity index (χ0n) is 12.7. The first-order chi connectivity index (χ1) is 8.65. The average molecular weight is 266 g/mol. The quantitative estimate of drug-likeness (QED) is 0.682. The molecule has 0 bridgehead atoms. The van der Waals surface area contributed by atoms with Crippen LogP contribution in [0.4, 0.5) is 9.59 Å². The van der Waals surface area contributed by atoms with E-state index in [-0.39, 0.29) is 35.4 Å². The second kappa shape index (κ2) is 8.28. The first-order valence-electron chi connectivity index (χ1n) is 6.78. The van der Waals surface area contributed by atoms with Crippen LogP contribution in [-0.4, -0.2) is 37.5 Å². The molecule has 0 aromatic heterocycles. The molecular weight excluding hydrogens is 242 g/mol. The Morgan fingerprint density at radius 2 is 1.32 bits per heavy atom. The van der Waals surface area contributed by atoms with E-state index >= 15 is 0 Å². The van der Waals surface area contributed by atoms with Crippen molar-refractivity contribution < 1.29 is 19.4 Å². The molecule has 6 heteroatoms. The summed E-state index contributed by atoms with van der Waals surface area (Å²) in [5, 5.41) is 8.96. The lowest BCUT2D eigenvalue weighted by Crippen LogP contribution is -2.32. The van der Waals surface area contributed by atoms with Gasteiger partial charge in [0.15, 0.2) is 0 Å². The number of rotatable bonds is 8. The van der Waals surface area contributed by atoms with Crippen LogP contribution < -0.4 is 0 Å². The summed E-state index contributed by atoms with van der Waals surface area (Å²) < 4.78 is 5.11. The maximum atomic E-state index is 11.7. The van der Waals surface area contributed by atoms with Crippen LogP contribution in [0, 0.1) is 11.8 Å². The molecule has 2 radical (unpaired) electrons. The van der Waals surface area contributed by atoms with E-state index in [0.717, 1.165) is 0 Å². The van der Waals surface area contributed by atoms with Gasteiger partial charge in [-0.15, -0.1) is 0 Å². The Kier molecular flexibility index (Phi) is 7.88. The van der Waals surface area contributed by atoms with E-state index in [9.17, 15) is 9.59 Å². The molecule has 0 aromatic rings. The van der Waals surface area contributed by atoms with E-state index in [0.29, 0.717) is 0 Å². The topological polar surface area (TPSA) is 63.6 Å². The number of carbonyl (C=O) groups is 2. The molecule has 0 saturated heterocycles. The monoisotopic (exact) mass is 266 g/mol. The van der Waals surface area contributed by atoms with Gasteiger partial charge in [0, 0.05) is 0 Å². The summed E-state index contributed by atoms with van der Waals surface area (Å²) >= 11 is 0. The highest BCUT2D eigenvalue weighted by Crippen LogP contribution is 2.36. The highest BCUT2D eigenvalue weighted by molar-refractivity contribution is 6.78. The van der Waals surface area contributed by atoms with Crippen LogP contribution in [0.15, 0.2) is 0 Å². The molecule has 0 aromatic carbocycles. The highest BCUT2D eigenvalue weighted by atomic mass is 16.5. The van der Waals surface area contributed by atoms with Crippen molar-refractivity contribution in [1.82, 2.24) is 0 Å². The summed E-state index contributed by atoms with van der Waals surface area (Å²) in [4.78, 5) is 22.7. The fraction of sp³-hybridized carbons (Fsp3) is 0.846. The number of carboxylic acid groups (broad SMARTS) is 1. The van der Waals surface area contributed by atoms with E-state index in [1.54, 1.807) is 13.8 Å². The molecule has 2 atom stereocenters. The molecule has 0 saturated carbocycles. The maximum absolute atomic E-state index is 11.7. The maximum Gasteiger partial charge on any atom is 0.264 e. The average Bonchev–Trinajstić information content (AvgIpc) is 2.20. The van der Waals surface area contributed by atoms with Gasteiger partial charge in [-0.25, -0.2) is 0 Å². The largest absolute Gasteiger partial charge is 0.490 e. The van der Waals surface area contributed by atoms with Gasteiger partial charge in [0.2, 0.25) is 11.7 Å². The normalized spacial score (nSPS) is 14.4. The van der Waals surface area contributed by atoms with E-state index in [1.165, 1.54) is 14.6 Å². The van der Waals surface area contributed by atoms with Crippen molar-refractivity contribution in [3.05, 3.63) is 0 Å². The molecule has 0 aliphatic carbocycles. The van der Waals surface area contributed by atoms with Crippen molar-refractivity contribution in [3.8, 4) is 0 Å². The highest BCUT2D eigenvalue weighted by Gasteiger charge is 2.33. The van der Waals surface area contributed by atoms with Crippen LogP contribution >= 0.6 is 0 Å². The van der Waals surface area contributed by atoms with Crippen molar-refractivity contribution in [2.75, 3.05) is 0 Å². The minimum atomic E-state index is -0.949. The van der Waals surface area contributed by atoms with Gasteiger partial charge in [-0.05, 0) is 13.8 Å². The van der Waals surface area contributed by atoms with Gasteiger partial charge in [-0.1, -0.05) is 51.2 Å². The molecule has 0 aliphatic rings. The Bertz CT molecular complexity index is 303. The molecule has 106 valence electrons. The first-order valence-corrected chi connectivity index (χ1v) is 6.78. The summed E-state index contributed by atoms with van der Waals surface area (Å²) in [6, 6.07) is 0. The van der Waals surface area contributed by atoms with Gasteiger partial charge in [-0.2, -0.15) is 0 Å². The standard InChI is InChI=1S/C13H24B2O4/c1-7(2)10(14-12(16)17)11(8(3)4)15-13(18)19-9(5)6/h7-11H,1-6H3,(H,16,17). The molecule has 19 heavy (non-hydrogen) atoms. The minimum Gasteiger partial charge on any atom is -0.490 e. The number of hydrogen-bond donors (Lipinski definition) is 1. The molecule has 2 unspecified atom stereocenters. The van der Waals surface area contributed by atoms with Gasteiger partial charge in [0.05, 0.1) is 6.10 Å². The lowest BCUT2D eigenvalue weighted by molar-refractivity contribution is 0.139. The minimum absolute atomic E-state index is 0.137. The summed E-state index contributed by atoms with van der Waals surface area (Å²) in [5.74, 6) is -1.33. The summed E-state index contributed by atoms with van der Waals surface area (Å²) in [6.45, 7) is 11.5. The Labute approximate surface area is 117 Å². The lowest BCUT2D eigenvalue weighted by Gasteiger charge is -2.30. The van der Waals surface area contributed by atoms with Gasteiger partial charge in [0.1, 0.15) is 0 Å². The fourth-order valence-corrected chi connectivity index (χ4v) is 2.09. The lowest BCUT2D eigenvalue weighted by atomic mass is 9.42. The molecule has 0 aliphatic heterocycles. The third kappa shape index (κ3) is 7.28. The van der Waals surface area contributed by atoms with Crippen molar-refractivity contribution in [1.29, 1.82) is 0 Å². The summed E-state index contributed by atoms with van der Waals surface area (Å²) in [7, 11) is 2.81. The van der Waals surface area contributed by atoms with E-state index < -0.39 is 5.87 Å². The number of carbonyl (C=O) groups excluding carboxylic acids is 1. The van der Waals surface area contributed by atoms with E-state index in [1.807, 2.05) is 27.7 Å². The van der Waals surface area contributed by atoms with Gasteiger partial charge in [-0.3, -0.25) is 9.59 Å². The van der Waals surface area contributed by atoms with Crippen LogP contribution in [0.25, 0.3) is 0 Å². The van der Waals surface area contributed by atoms with Crippen LogP contribution in [-0.2, 0) is 4.74 Å². The Morgan fingerprint density at radius 1 is 0.895 bits per heavy atom. The molecule has 0 fully saturated rings. The van der Waals surface area contributed by atoms with E-state index in [4.69, 9.17) is 9.84 Å². The SMILES string of the molecule is CC(C)OC(=O)[B]C(C(C)C)C([B]C(=O)O)C(C)C. The summed E-state index contributed by atoms with van der Waals surface area (Å²) in [5.41, 5.74) is 0. The smallest absolute Gasteiger partial charge is 0.264 e. The zero-order chi connectivity index (χ0) is 15.2.